The average Bonchev–Trinajstić information content (AvgIpc) is 2.95. The summed E-state index contributed by atoms with van der Waals surface area (Å²) >= 11 is 0. The van der Waals surface area contributed by atoms with Crippen LogP contribution in [0.5, 0.6) is 0 Å². The number of hydrogen-bond donors (Lipinski definition) is 2. The molecule has 1 aliphatic rings. The van der Waals surface area contributed by atoms with E-state index in [1.54, 1.807) is 12.4 Å². The zero-order chi connectivity index (χ0) is 16.7. The molecule has 3 aromatic rings. The number of fused-ring (bicyclic) bond motifs is 1. The normalized spacial score (nSPS) is 15.9. The Morgan fingerprint density at radius 3 is 2.83 bits per heavy atom. The molecule has 0 saturated heterocycles. The van der Waals surface area contributed by atoms with Crippen LogP contribution in [0, 0.1) is 0 Å². The summed E-state index contributed by atoms with van der Waals surface area (Å²) < 4.78 is 1.86. The van der Waals surface area contributed by atoms with Crippen molar-refractivity contribution >= 4 is 22.6 Å². The zero-order valence-electron chi connectivity index (χ0n) is 13.5. The van der Waals surface area contributed by atoms with E-state index in [-0.39, 0.29) is 11.4 Å². The third-order valence-corrected chi connectivity index (χ3v) is 4.67. The molecular formula is C18H19N5O. The van der Waals surface area contributed by atoms with Crippen LogP contribution in [0.2, 0.25) is 0 Å². The van der Waals surface area contributed by atoms with Crippen molar-refractivity contribution in [3.05, 3.63) is 48.3 Å². The Morgan fingerprint density at radius 1 is 1.29 bits per heavy atom. The molecule has 24 heavy (non-hydrogen) atoms. The first-order valence-electron chi connectivity index (χ1n) is 8.06. The van der Waals surface area contributed by atoms with Crippen molar-refractivity contribution in [2.45, 2.75) is 31.7 Å². The number of carbonyl (C=O) groups is 1. The van der Waals surface area contributed by atoms with E-state index >= 15 is 0 Å². The minimum atomic E-state index is -0.206. The first kappa shape index (κ1) is 14.8. The molecule has 2 aromatic heterocycles. The Kier molecular flexibility index (Phi) is 3.35. The standard InChI is InChI=1S/C18H19N5O/c1-12(24)22-17-9-16-13(10-20-17)11-21-23(16)15-5-2-4-14(8-15)18(19)6-3-7-18/h2,4-5,8-11H,3,6-7,19H2,1H3,(H,20,22,24). The fourth-order valence-electron chi connectivity index (χ4n) is 3.17. The molecule has 1 aromatic carbocycles. The van der Waals surface area contributed by atoms with Crippen molar-refractivity contribution in [1.82, 2.24) is 14.8 Å². The molecule has 0 radical (unpaired) electrons. The third kappa shape index (κ3) is 2.45. The molecule has 1 aliphatic carbocycles. The van der Waals surface area contributed by atoms with Crippen LogP contribution in [0.1, 0.15) is 31.7 Å². The number of anilines is 1. The van der Waals surface area contributed by atoms with Crippen LogP contribution in [0.25, 0.3) is 16.6 Å². The van der Waals surface area contributed by atoms with Crippen molar-refractivity contribution < 1.29 is 4.79 Å². The van der Waals surface area contributed by atoms with E-state index < -0.39 is 0 Å². The number of nitrogens with one attached hydrogen (secondary N) is 1. The van der Waals surface area contributed by atoms with Gasteiger partial charge in [0.2, 0.25) is 5.91 Å². The summed E-state index contributed by atoms with van der Waals surface area (Å²) in [6.45, 7) is 1.46. The van der Waals surface area contributed by atoms with Gasteiger partial charge in [0.15, 0.2) is 0 Å². The molecule has 0 atom stereocenters. The van der Waals surface area contributed by atoms with Crippen LogP contribution < -0.4 is 11.1 Å². The summed E-state index contributed by atoms with van der Waals surface area (Å²) in [7, 11) is 0. The van der Waals surface area contributed by atoms with Gasteiger partial charge in [-0.05, 0) is 37.0 Å². The molecule has 0 aliphatic heterocycles. The van der Waals surface area contributed by atoms with Gasteiger partial charge >= 0.3 is 0 Å². The van der Waals surface area contributed by atoms with Gasteiger partial charge in [-0.15, -0.1) is 0 Å². The molecule has 1 amide bonds. The molecule has 0 unspecified atom stereocenters. The number of aromatic nitrogens is 3. The lowest BCUT2D eigenvalue weighted by Gasteiger charge is -2.38. The van der Waals surface area contributed by atoms with Crippen LogP contribution >= 0.6 is 0 Å². The van der Waals surface area contributed by atoms with E-state index in [2.05, 4.69) is 27.5 Å². The van der Waals surface area contributed by atoms with E-state index in [0.29, 0.717) is 5.82 Å². The number of carbonyl (C=O) groups excluding carboxylic acids is 1. The molecule has 0 bridgehead atoms. The van der Waals surface area contributed by atoms with Crippen molar-refractivity contribution in [2.75, 3.05) is 5.32 Å². The quantitative estimate of drug-likeness (QED) is 0.776. The second kappa shape index (κ2) is 5.42. The van der Waals surface area contributed by atoms with Gasteiger partial charge in [-0.3, -0.25) is 4.79 Å². The Bertz CT molecular complexity index is 926. The molecule has 6 heteroatoms. The molecule has 2 heterocycles. The van der Waals surface area contributed by atoms with Gasteiger partial charge in [-0.1, -0.05) is 12.1 Å². The zero-order valence-corrected chi connectivity index (χ0v) is 13.5. The SMILES string of the molecule is CC(=O)Nc1cc2c(cn1)cnn2-c1cccc(C2(N)CCC2)c1. The van der Waals surface area contributed by atoms with Crippen molar-refractivity contribution in [3.8, 4) is 5.69 Å². The molecule has 3 N–H and O–H groups in total. The first-order chi connectivity index (χ1) is 11.5. The summed E-state index contributed by atoms with van der Waals surface area (Å²) in [6.07, 6.45) is 6.70. The molecule has 6 nitrogen and oxygen atoms in total. The molecule has 1 saturated carbocycles. The van der Waals surface area contributed by atoms with Gasteiger partial charge in [0, 0.05) is 30.1 Å². The van der Waals surface area contributed by atoms with Gasteiger partial charge in [0.05, 0.1) is 17.4 Å². The highest BCUT2D eigenvalue weighted by Crippen LogP contribution is 2.39. The number of amides is 1. The number of rotatable bonds is 3. The minimum absolute atomic E-state index is 0.148. The summed E-state index contributed by atoms with van der Waals surface area (Å²) in [5, 5.41) is 8.10. The summed E-state index contributed by atoms with van der Waals surface area (Å²) in [5.41, 5.74) is 9.24. The molecular weight excluding hydrogens is 302 g/mol. The fourth-order valence-corrected chi connectivity index (χ4v) is 3.17. The maximum absolute atomic E-state index is 11.2. The number of benzene rings is 1. The Labute approximate surface area is 139 Å². The lowest BCUT2D eigenvalue weighted by atomic mass is 9.73. The summed E-state index contributed by atoms with van der Waals surface area (Å²) in [5.74, 6) is 0.368. The topological polar surface area (TPSA) is 85.8 Å². The number of nitrogens with two attached hydrogens (primary N) is 1. The van der Waals surface area contributed by atoms with E-state index in [1.807, 2.05) is 22.9 Å². The monoisotopic (exact) mass is 321 g/mol. The minimum Gasteiger partial charge on any atom is -0.321 e. The van der Waals surface area contributed by atoms with E-state index in [4.69, 9.17) is 5.73 Å². The number of pyridine rings is 1. The van der Waals surface area contributed by atoms with Gasteiger partial charge in [0.25, 0.3) is 0 Å². The van der Waals surface area contributed by atoms with E-state index in [0.717, 1.165) is 35.0 Å². The molecule has 122 valence electrons. The van der Waals surface area contributed by atoms with E-state index in [9.17, 15) is 4.79 Å². The van der Waals surface area contributed by atoms with Crippen molar-refractivity contribution in [2.24, 2.45) is 5.73 Å². The van der Waals surface area contributed by atoms with Crippen LogP contribution in [-0.4, -0.2) is 20.7 Å². The summed E-state index contributed by atoms with van der Waals surface area (Å²) in [4.78, 5) is 15.5. The largest absolute Gasteiger partial charge is 0.321 e. The molecule has 4 rings (SSSR count). The Hall–Kier alpha value is -2.73. The molecule has 0 spiro atoms. The first-order valence-corrected chi connectivity index (χ1v) is 8.06. The Morgan fingerprint density at radius 2 is 2.12 bits per heavy atom. The van der Waals surface area contributed by atoms with Crippen LogP contribution in [0.4, 0.5) is 5.82 Å². The fraction of sp³-hybridized carbons (Fsp3) is 0.278. The highest BCUT2D eigenvalue weighted by molar-refractivity contribution is 5.90. The Balaban J connectivity index is 1.78. The van der Waals surface area contributed by atoms with E-state index in [1.165, 1.54) is 13.3 Å². The highest BCUT2D eigenvalue weighted by atomic mass is 16.1. The number of nitrogens with zero attached hydrogens (tertiary/aromatic N) is 3. The lowest BCUT2D eigenvalue weighted by molar-refractivity contribution is -0.114. The van der Waals surface area contributed by atoms with Crippen molar-refractivity contribution in [1.29, 1.82) is 0 Å². The lowest BCUT2D eigenvalue weighted by Crippen LogP contribution is -2.43. The second-order valence-electron chi connectivity index (χ2n) is 6.43. The third-order valence-electron chi connectivity index (χ3n) is 4.67. The van der Waals surface area contributed by atoms with Crippen LogP contribution in [0.15, 0.2) is 42.7 Å². The predicted molar refractivity (Wildman–Crippen MR) is 92.9 cm³/mol. The van der Waals surface area contributed by atoms with Crippen molar-refractivity contribution in [3.63, 3.8) is 0 Å². The van der Waals surface area contributed by atoms with Crippen LogP contribution in [0.3, 0.4) is 0 Å². The maximum atomic E-state index is 11.2. The van der Waals surface area contributed by atoms with Crippen LogP contribution in [-0.2, 0) is 10.3 Å². The van der Waals surface area contributed by atoms with Gasteiger partial charge in [0.1, 0.15) is 5.82 Å². The number of hydrogen-bond acceptors (Lipinski definition) is 4. The summed E-state index contributed by atoms with van der Waals surface area (Å²) in [6, 6.07) is 10.0. The smallest absolute Gasteiger partial charge is 0.222 e. The van der Waals surface area contributed by atoms with Gasteiger partial charge in [-0.2, -0.15) is 5.10 Å². The highest BCUT2D eigenvalue weighted by Gasteiger charge is 2.34. The predicted octanol–water partition coefficient (Wildman–Crippen LogP) is 2.72. The van der Waals surface area contributed by atoms with Gasteiger partial charge in [-0.25, -0.2) is 9.67 Å². The average molecular weight is 321 g/mol. The maximum Gasteiger partial charge on any atom is 0.222 e. The second-order valence-corrected chi connectivity index (χ2v) is 6.43. The van der Waals surface area contributed by atoms with Gasteiger partial charge < -0.3 is 11.1 Å². The molecule has 1 fully saturated rings.